The number of rotatable bonds is 6. The van der Waals surface area contributed by atoms with Gasteiger partial charge in [0.2, 0.25) is 0 Å². The van der Waals surface area contributed by atoms with Crippen LogP contribution in [0.25, 0.3) is 11.3 Å². The first-order chi connectivity index (χ1) is 10.5. The van der Waals surface area contributed by atoms with Gasteiger partial charge in [-0.15, -0.1) is 0 Å². The number of aliphatic hydroxyl groups is 1. The number of aliphatic hydroxyl groups excluding tert-OH is 1. The molecule has 118 valence electrons. The van der Waals surface area contributed by atoms with E-state index in [2.05, 4.69) is 10.5 Å². The third kappa shape index (κ3) is 3.65. The van der Waals surface area contributed by atoms with E-state index in [4.69, 9.17) is 20.9 Å². The van der Waals surface area contributed by atoms with Crippen molar-refractivity contribution in [3.8, 4) is 11.3 Å². The SMILES string of the molecule is COCCNC(=O)c1c(-c2ccc(Cl)cc2)noc1[C@H](C)O. The Bertz CT molecular complexity index is 637. The third-order valence-corrected chi connectivity index (χ3v) is 3.29. The van der Waals surface area contributed by atoms with Crippen molar-refractivity contribution in [1.29, 1.82) is 0 Å². The highest BCUT2D eigenvalue weighted by Gasteiger charge is 2.26. The summed E-state index contributed by atoms with van der Waals surface area (Å²) in [4.78, 5) is 12.4. The number of hydrogen-bond acceptors (Lipinski definition) is 5. The number of ether oxygens (including phenoxy) is 1. The first kappa shape index (κ1) is 16.5. The lowest BCUT2D eigenvalue weighted by Crippen LogP contribution is -2.28. The molecule has 0 aliphatic heterocycles. The molecule has 0 saturated heterocycles. The van der Waals surface area contributed by atoms with Gasteiger partial charge < -0.3 is 19.7 Å². The molecule has 0 unspecified atom stereocenters. The summed E-state index contributed by atoms with van der Waals surface area (Å²) in [6.07, 6.45) is -0.947. The fourth-order valence-electron chi connectivity index (χ4n) is 1.97. The van der Waals surface area contributed by atoms with Gasteiger partial charge in [0.1, 0.15) is 17.4 Å². The van der Waals surface area contributed by atoms with E-state index >= 15 is 0 Å². The molecule has 1 aromatic carbocycles. The van der Waals surface area contributed by atoms with Gasteiger partial charge in [-0.25, -0.2) is 0 Å². The second kappa shape index (κ2) is 7.40. The number of methoxy groups -OCH3 is 1. The fourth-order valence-corrected chi connectivity index (χ4v) is 2.09. The molecule has 0 saturated carbocycles. The van der Waals surface area contributed by atoms with Crippen LogP contribution < -0.4 is 5.32 Å². The number of amides is 1. The number of carbonyl (C=O) groups is 1. The topological polar surface area (TPSA) is 84.6 Å². The van der Waals surface area contributed by atoms with Crippen LogP contribution in [0.1, 0.15) is 29.1 Å². The number of carbonyl (C=O) groups excluding carboxylic acids is 1. The quantitative estimate of drug-likeness (QED) is 0.797. The van der Waals surface area contributed by atoms with Crippen LogP contribution in [-0.4, -0.2) is 36.4 Å². The average molecular weight is 325 g/mol. The summed E-state index contributed by atoms with van der Waals surface area (Å²) in [6.45, 7) is 2.25. The van der Waals surface area contributed by atoms with Gasteiger partial charge in [0.05, 0.1) is 6.61 Å². The number of hydrogen-bond donors (Lipinski definition) is 2. The first-order valence-corrected chi connectivity index (χ1v) is 7.13. The van der Waals surface area contributed by atoms with Gasteiger partial charge in [0.25, 0.3) is 5.91 Å². The van der Waals surface area contributed by atoms with E-state index in [1.807, 2.05) is 0 Å². The van der Waals surface area contributed by atoms with Gasteiger partial charge >= 0.3 is 0 Å². The summed E-state index contributed by atoms with van der Waals surface area (Å²) >= 11 is 5.86. The van der Waals surface area contributed by atoms with Crippen LogP contribution in [0.2, 0.25) is 5.02 Å². The van der Waals surface area contributed by atoms with E-state index in [1.165, 1.54) is 6.92 Å². The predicted octanol–water partition coefficient (Wildman–Crippen LogP) is 2.42. The van der Waals surface area contributed by atoms with Crippen molar-refractivity contribution >= 4 is 17.5 Å². The zero-order valence-corrected chi connectivity index (χ0v) is 13.1. The van der Waals surface area contributed by atoms with Crippen LogP contribution in [0.4, 0.5) is 0 Å². The summed E-state index contributed by atoms with van der Waals surface area (Å²) in [5.74, 6) is -0.251. The number of halogens is 1. The molecule has 0 bridgehead atoms. The molecule has 1 aromatic heterocycles. The maximum atomic E-state index is 12.4. The Kier molecular flexibility index (Phi) is 5.54. The molecule has 1 heterocycles. The molecule has 2 rings (SSSR count). The van der Waals surface area contributed by atoms with E-state index in [9.17, 15) is 9.90 Å². The monoisotopic (exact) mass is 324 g/mol. The summed E-state index contributed by atoms with van der Waals surface area (Å²) in [5.41, 5.74) is 1.26. The van der Waals surface area contributed by atoms with Gasteiger partial charge in [-0.3, -0.25) is 4.79 Å². The van der Waals surface area contributed by atoms with Crippen LogP contribution in [-0.2, 0) is 4.74 Å². The van der Waals surface area contributed by atoms with Crippen molar-refractivity contribution in [2.45, 2.75) is 13.0 Å². The molecule has 22 heavy (non-hydrogen) atoms. The number of aromatic nitrogens is 1. The lowest BCUT2D eigenvalue weighted by molar-refractivity contribution is 0.0924. The Balaban J connectivity index is 2.38. The van der Waals surface area contributed by atoms with Gasteiger partial charge in [-0.05, 0) is 19.1 Å². The molecule has 0 spiro atoms. The molecular weight excluding hydrogens is 308 g/mol. The minimum absolute atomic E-state index is 0.125. The second-order valence-electron chi connectivity index (χ2n) is 4.70. The van der Waals surface area contributed by atoms with Crippen LogP contribution in [0.15, 0.2) is 28.8 Å². The normalized spacial score (nSPS) is 12.2. The Morgan fingerprint density at radius 1 is 1.45 bits per heavy atom. The standard InChI is InChI=1S/C15H17ClN2O4/c1-9(19)14-12(15(20)17-7-8-21-2)13(18-22-14)10-3-5-11(16)6-4-10/h3-6,9,19H,7-8H2,1-2H3,(H,17,20)/t9-/m0/s1. The highest BCUT2D eigenvalue weighted by atomic mass is 35.5. The summed E-state index contributed by atoms with van der Waals surface area (Å²) < 4.78 is 10.0. The smallest absolute Gasteiger partial charge is 0.257 e. The zero-order chi connectivity index (χ0) is 16.1. The van der Waals surface area contributed by atoms with Crippen molar-refractivity contribution in [3.63, 3.8) is 0 Å². The molecule has 2 N–H and O–H groups in total. The fraction of sp³-hybridized carbons (Fsp3) is 0.333. The Morgan fingerprint density at radius 3 is 2.73 bits per heavy atom. The lowest BCUT2D eigenvalue weighted by Gasteiger charge is -2.07. The van der Waals surface area contributed by atoms with E-state index in [0.717, 1.165) is 0 Å². The van der Waals surface area contributed by atoms with E-state index in [1.54, 1.807) is 31.4 Å². The minimum Gasteiger partial charge on any atom is -0.385 e. The first-order valence-electron chi connectivity index (χ1n) is 6.75. The average Bonchev–Trinajstić information content (AvgIpc) is 2.93. The Morgan fingerprint density at radius 2 is 2.14 bits per heavy atom. The van der Waals surface area contributed by atoms with Crippen molar-refractivity contribution < 1.29 is 19.2 Å². The van der Waals surface area contributed by atoms with Crippen LogP contribution in [0.5, 0.6) is 0 Å². The van der Waals surface area contributed by atoms with Crippen LogP contribution >= 0.6 is 11.6 Å². The molecule has 0 aliphatic carbocycles. The molecule has 6 nitrogen and oxygen atoms in total. The molecule has 0 radical (unpaired) electrons. The Labute approximate surface area is 133 Å². The lowest BCUT2D eigenvalue weighted by atomic mass is 10.0. The minimum atomic E-state index is -0.947. The molecule has 1 amide bonds. The molecular formula is C15H17ClN2O4. The number of nitrogens with zero attached hydrogens (tertiary/aromatic N) is 1. The largest absolute Gasteiger partial charge is 0.385 e. The van der Waals surface area contributed by atoms with Crippen molar-refractivity contribution in [2.24, 2.45) is 0 Å². The van der Waals surface area contributed by atoms with E-state index in [-0.39, 0.29) is 17.2 Å². The Hall–Kier alpha value is -1.89. The summed E-state index contributed by atoms with van der Waals surface area (Å²) in [7, 11) is 1.55. The highest BCUT2D eigenvalue weighted by molar-refractivity contribution is 6.30. The maximum absolute atomic E-state index is 12.4. The van der Waals surface area contributed by atoms with Gasteiger partial charge in [-0.1, -0.05) is 28.9 Å². The van der Waals surface area contributed by atoms with Crippen molar-refractivity contribution in [2.75, 3.05) is 20.3 Å². The number of nitrogens with one attached hydrogen (secondary N) is 1. The molecule has 0 fully saturated rings. The van der Waals surface area contributed by atoms with Crippen LogP contribution in [0, 0.1) is 0 Å². The molecule has 7 heteroatoms. The predicted molar refractivity (Wildman–Crippen MR) is 81.8 cm³/mol. The van der Waals surface area contributed by atoms with Crippen LogP contribution in [0.3, 0.4) is 0 Å². The molecule has 2 aromatic rings. The van der Waals surface area contributed by atoms with E-state index < -0.39 is 6.10 Å². The van der Waals surface area contributed by atoms with E-state index in [0.29, 0.717) is 29.4 Å². The maximum Gasteiger partial charge on any atom is 0.257 e. The summed E-state index contributed by atoms with van der Waals surface area (Å²) in [5, 5.41) is 17.0. The van der Waals surface area contributed by atoms with Crippen molar-refractivity contribution in [3.05, 3.63) is 40.6 Å². The summed E-state index contributed by atoms with van der Waals surface area (Å²) in [6, 6.07) is 6.86. The van der Waals surface area contributed by atoms with Gasteiger partial charge in [0.15, 0.2) is 5.76 Å². The molecule has 1 atom stereocenters. The second-order valence-corrected chi connectivity index (χ2v) is 5.14. The van der Waals surface area contributed by atoms with Gasteiger partial charge in [-0.2, -0.15) is 0 Å². The highest BCUT2D eigenvalue weighted by Crippen LogP contribution is 2.29. The third-order valence-electron chi connectivity index (χ3n) is 3.03. The van der Waals surface area contributed by atoms with Gasteiger partial charge in [0, 0.05) is 24.2 Å². The zero-order valence-electron chi connectivity index (χ0n) is 12.3. The number of benzene rings is 1. The van der Waals surface area contributed by atoms with Crippen molar-refractivity contribution in [1.82, 2.24) is 10.5 Å². The molecule has 0 aliphatic rings.